The molecule has 0 spiro atoms. The van der Waals surface area contributed by atoms with Crippen LogP contribution in [0.2, 0.25) is 0 Å². The predicted octanol–water partition coefficient (Wildman–Crippen LogP) is 3.39. The fraction of sp³-hybridized carbons (Fsp3) is 0.647. The van der Waals surface area contributed by atoms with Gasteiger partial charge in [-0.1, -0.05) is 28.4 Å². The van der Waals surface area contributed by atoms with Gasteiger partial charge in [0.1, 0.15) is 12.4 Å². The zero-order valence-corrected chi connectivity index (χ0v) is 14.2. The van der Waals surface area contributed by atoms with E-state index < -0.39 is 0 Å². The van der Waals surface area contributed by atoms with Gasteiger partial charge in [0.05, 0.1) is 0 Å². The van der Waals surface area contributed by atoms with Crippen LogP contribution in [-0.4, -0.2) is 55.2 Å². The molecule has 2 aliphatic heterocycles. The molecule has 0 amide bonds. The summed E-state index contributed by atoms with van der Waals surface area (Å²) in [5.41, 5.74) is 0. The second kappa shape index (κ2) is 7.61. The van der Waals surface area contributed by atoms with E-state index in [1.165, 1.54) is 51.9 Å². The predicted molar refractivity (Wildman–Crippen MR) is 89.9 cm³/mol. The van der Waals surface area contributed by atoms with Gasteiger partial charge >= 0.3 is 0 Å². The van der Waals surface area contributed by atoms with E-state index in [9.17, 15) is 0 Å². The van der Waals surface area contributed by atoms with Crippen LogP contribution < -0.4 is 4.74 Å². The monoisotopic (exact) mass is 352 g/mol. The van der Waals surface area contributed by atoms with Crippen LogP contribution >= 0.6 is 15.9 Å². The highest BCUT2D eigenvalue weighted by Gasteiger charge is 2.28. The first-order chi connectivity index (χ1) is 10.3. The van der Waals surface area contributed by atoms with Gasteiger partial charge in [0.2, 0.25) is 0 Å². The molecule has 0 aliphatic carbocycles. The fourth-order valence-electron chi connectivity index (χ4n) is 3.45. The number of benzene rings is 1. The van der Waals surface area contributed by atoms with Crippen LogP contribution in [0.4, 0.5) is 0 Å². The molecule has 0 bridgehead atoms. The summed E-state index contributed by atoms with van der Waals surface area (Å²) in [6, 6.07) is 8.88. The SMILES string of the molecule is Brc1cccc(OCCN2CCC(N3CCCCC3)C2)c1. The zero-order chi connectivity index (χ0) is 14.5. The van der Waals surface area contributed by atoms with Crippen LogP contribution in [0.15, 0.2) is 28.7 Å². The Labute approximate surface area is 136 Å². The van der Waals surface area contributed by atoms with Crippen molar-refractivity contribution in [1.82, 2.24) is 9.80 Å². The van der Waals surface area contributed by atoms with Crippen LogP contribution in [0.5, 0.6) is 5.75 Å². The second-order valence-corrected chi connectivity index (χ2v) is 7.06. The van der Waals surface area contributed by atoms with E-state index in [4.69, 9.17) is 4.74 Å². The van der Waals surface area contributed by atoms with Gasteiger partial charge in [0.25, 0.3) is 0 Å². The number of hydrogen-bond acceptors (Lipinski definition) is 3. The van der Waals surface area contributed by atoms with E-state index in [0.29, 0.717) is 0 Å². The van der Waals surface area contributed by atoms with Crippen molar-refractivity contribution < 1.29 is 4.74 Å². The van der Waals surface area contributed by atoms with Crippen molar-refractivity contribution in [3.8, 4) is 5.75 Å². The van der Waals surface area contributed by atoms with Crippen molar-refractivity contribution in [2.75, 3.05) is 39.3 Å². The lowest BCUT2D eigenvalue weighted by atomic mass is 10.1. The topological polar surface area (TPSA) is 15.7 Å². The molecule has 2 aliphatic rings. The maximum absolute atomic E-state index is 5.84. The molecular weight excluding hydrogens is 328 g/mol. The van der Waals surface area contributed by atoms with Gasteiger partial charge in [0.15, 0.2) is 0 Å². The third kappa shape index (κ3) is 4.44. The average molecular weight is 353 g/mol. The minimum atomic E-state index is 0.781. The van der Waals surface area contributed by atoms with Crippen LogP contribution in [0.3, 0.4) is 0 Å². The van der Waals surface area contributed by atoms with Gasteiger partial charge in [-0.3, -0.25) is 9.80 Å². The second-order valence-electron chi connectivity index (χ2n) is 6.15. The molecule has 4 heteroatoms. The van der Waals surface area contributed by atoms with Crippen molar-refractivity contribution >= 4 is 15.9 Å². The highest BCUT2D eigenvalue weighted by atomic mass is 79.9. The maximum Gasteiger partial charge on any atom is 0.120 e. The molecule has 1 aromatic carbocycles. The molecule has 3 rings (SSSR count). The van der Waals surface area contributed by atoms with Gasteiger partial charge in [-0.25, -0.2) is 0 Å². The minimum absolute atomic E-state index is 0.781. The quantitative estimate of drug-likeness (QED) is 0.807. The Balaban J connectivity index is 1.38. The smallest absolute Gasteiger partial charge is 0.120 e. The average Bonchev–Trinajstić information content (AvgIpc) is 2.97. The Morgan fingerprint density at radius 2 is 2.00 bits per heavy atom. The third-order valence-electron chi connectivity index (χ3n) is 4.63. The van der Waals surface area contributed by atoms with Crippen molar-refractivity contribution in [1.29, 1.82) is 0 Å². The van der Waals surface area contributed by atoms with Crippen molar-refractivity contribution in [3.05, 3.63) is 28.7 Å². The number of ether oxygens (including phenoxy) is 1. The molecule has 1 atom stereocenters. The molecule has 116 valence electrons. The Morgan fingerprint density at radius 3 is 2.81 bits per heavy atom. The number of rotatable bonds is 5. The number of piperidine rings is 1. The molecule has 0 N–H and O–H groups in total. The lowest BCUT2D eigenvalue weighted by molar-refractivity contribution is 0.157. The summed E-state index contributed by atoms with van der Waals surface area (Å²) in [4.78, 5) is 5.26. The lowest BCUT2D eigenvalue weighted by Gasteiger charge is -2.32. The van der Waals surface area contributed by atoms with E-state index in [1.54, 1.807) is 0 Å². The Hall–Kier alpha value is -0.580. The zero-order valence-electron chi connectivity index (χ0n) is 12.6. The first-order valence-corrected chi connectivity index (χ1v) is 8.95. The number of hydrogen-bond donors (Lipinski definition) is 0. The highest BCUT2D eigenvalue weighted by Crippen LogP contribution is 2.21. The van der Waals surface area contributed by atoms with Crippen molar-refractivity contribution in [2.24, 2.45) is 0 Å². The Kier molecular flexibility index (Phi) is 5.55. The number of likely N-dealkylation sites (tertiary alicyclic amines) is 2. The fourth-order valence-corrected chi connectivity index (χ4v) is 3.82. The van der Waals surface area contributed by atoms with E-state index in [0.717, 1.165) is 29.4 Å². The van der Waals surface area contributed by atoms with Crippen LogP contribution in [-0.2, 0) is 0 Å². The van der Waals surface area contributed by atoms with E-state index >= 15 is 0 Å². The van der Waals surface area contributed by atoms with Crippen LogP contribution in [0, 0.1) is 0 Å². The molecular formula is C17H25BrN2O. The van der Waals surface area contributed by atoms with E-state index in [-0.39, 0.29) is 0 Å². The minimum Gasteiger partial charge on any atom is -0.492 e. The Morgan fingerprint density at radius 1 is 1.14 bits per heavy atom. The van der Waals surface area contributed by atoms with Gasteiger partial charge in [0, 0.05) is 23.6 Å². The highest BCUT2D eigenvalue weighted by molar-refractivity contribution is 9.10. The summed E-state index contributed by atoms with van der Waals surface area (Å²) in [5.74, 6) is 0.955. The summed E-state index contributed by atoms with van der Waals surface area (Å²) in [6.07, 6.45) is 5.54. The molecule has 2 heterocycles. The third-order valence-corrected chi connectivity index (χ3v) is 5.12. The summed E-state index contributed by atoms with van der Waals surface area (Å²) >= 11 is 3.48. The van der Waals surface area contributed by atoms with Crippen LogP contribution in [0.25, 0.3) is 0 Å². The number of nitrogens with zero attached hydrogens (tertiary/aromatic N) is 2. The molecule has 1 unspecified atom stereocenters. The molecule has 1 aromatic rings. The molecule has 2 saturated heterocycles. The first kappa shape index (κ1) is 15.3. The lowest BCUT2D eigenvalue weighted by Crippen LogP contribution is -2.41. The van der Waals surface area contributed by atoms with Gasteiger partial charge in [-0.05, 0) is 57.1 Å². The van der Waals surface area contributed by atoms with Gasteiger partial charge < -0.3 is 4.74 Å². The first-order valence-electron chi connectivity index (χ1n) is 8.16. The van der Waals surface area contributed by atoms with Crippen molar-refractivity contribution in [3.63, 3.8) is 0 Å². The van der Waals surface area contributed by atoms with Gasteiger partial charge in [-0.15, -0.1) is 0 Å². The molecule has 21 heavy (non-hydrogen) atoms. The molecule has 3 nitrogen and oxygen atoms in total. The standard InChI is InChI=1S/C17H25BrN2O/c18-15-5-4-6-17(13-15)21-12-11-19-10-7-16(14-19)20-8-2-1-3-9-20/h4-6,13,16H,1-3,7-12,14H2. The summed E-state index contributed by atoms with van der Waals surface area (Å²) in [6.45, 7) is 6.89. The van der Waals surface area contributed by atoms with Crippen LogP contribution in [0.1, 0.15) is 25.7 Å². The van der Waals surface area contributed by atoms with Gasteiger partial charge in [-0.2, -0.15) is 0 Å². The largest absolute Gasteiger partial charge is 0.492 e. The maximum atomic E-state index is 5.84. The normalized spacial score (nSPS) is 24.3. The molecule has 0 saturated carbocycles. The van der Waals surface area contributed by atoms with E-state index in [1.807, 2.05) is 24.3 Å². The summed E-state index contributed by atoms with van der Waals surface area (Å²) in [5, 5.41) is 0. The summed E-state index contributed by atoms with van der Waals surface area (Å²) in [7, 11) is 0. The van der Waals surface area contributed by atoms with E-state index in [2.05, 4.69) is 25.7 Å². The Bertz CT molecular complexity index is 448. The van der Waals surface area contributed by atoms with Crippen molar-refractivity contribution in [2.45, 2.75) is 31.7 Å². The number of halogens is 1. The molecule has 0 radical (unpaired) electrons. The molecule has 2 fully saturated rings. The molecule has 0 aromatic heterocycles. The summed E-state index contributed by atoms with van der Waals surface area (Å²) < 4.78 is 6.92.